The fraction of sp³-hybridized carbons (Fsp3) is 0.0870. The van der Waals surface area contributed by atoms with E-state index in [1.54, 1.807) is 55.5 Å². The molecule has 0 bridgehead atoms. The second kappa shape index (κ2) is 9.45. The summed E-state index contributed by atoms with van der Waals surface area (Å²) < 4.78 is 0. The number of amides is 2. The summed E-state index contributed by atoms with van der Waals surface area (Å²) in [5, 5.41) is 17.7. The summed E-state index contributed by atoms with van der Waals surface area (Å²) in [5.41, 5.74) is 5.78. The molecular formula is C23H20N4O4. The molecule has 0 saturated carbocycles. The molecule has 31 heavy (non-hydrogen) atoms. The minimum absolute atomic E-state index is 0.0540. The topological polar surface area (TPSA) is 114 Å². The predicted octanol–water partition coefficient (Wildman–Crippen LogP) is 4.31. The van der Waals surface area contributed by atoms with Gasteiger partial charge in [0.15, 0.2) is 0 Å². The summed E-state index contributed by atoms with van der Waals surface area (Å²) >= 11 is 0. The fourth-order valence-corrected chi connectivity index (χ4v) is 2.80. The van der Waals surface area contributed by atoms with Gasteiger partial charge in [0.25, 0.3) is 17.5 Å². The predicted molar refractivity (Wildman–Crippen MR) is 118 cm³/mol. The van der Waals surface area contributed by atoms with Crippen LogP contribution in [0.1, 0.15) is 38.8 Å². The Morgan fingerprint density at radius 3 is 2.23 bits per heavy atom. The van der Waals surface area contributed by atoms with Gasteiger partial charge in [0.1, 0.15) is 0 Å². The summed E-state index contributed by atoms with van der Waals surface area (Å²) in [5.74, 6) is -0.681. The average Bonchev–Trinajstić information content (AvgIpc) is 2.77. The molecule has 0 aromatic heterocycles. The molecule has 0 aliphatic heterocycles. The molecule has 8 nitrogen and oxygen atoms in total. The van der Waals surface area contributed by atoms with Crippen LogP contribution < -0.4 is 10.7 Å². The van der Waals surface area contributed by atoms with E-state index in [1.165, 1.54) is 12.1 Å². The van der Waals surface area contributed by atoms with Crippen molar-refractivity contribution < 1.29 is 14.5 Å². The normalized spacial score (nSPS) is 11.0. The van der Waals surface area contributed by atoms with E-state index in [4.69, 9.17) is 0 Å². The maximum atomic E-state index is 12.3. The highest BCUT2D eigenvalue weighted by atomic mass is 16.6. The molecule has 0 aliphatic carbocycles. The molecule has 0 aliphatic rings. The zero-order chi connectivity index (χ0) is 22.4. The van der Waals surface area contributed by atoms with Crippen LogP contribution in [0.3, 0.4) is 0 Å². The van der Waals surface area contributed by atoms with Crippen LogP contribution in [0.2, 0.25) is 0 Å². The number of hydrogen-bond donors (Lipinski definition) is 2. The van der Waals surface area contributed by atoms with Crippen LogP contribution in [0.5, 0.6) is 0 Å². The molecule has 0 saturated heterocycles. The van der Waals surface area contributed by atoms with Crippen LogP contribution >= 0.6 is 0 Å². The number of anilines is 1. The number of non-ortho nitro benzene ring substituents is 1. The van der Waals surface area contributed by atoms with Gasteiger partial charge in [-0.2, -0.15) is 5.10 Å². The molecule has 3 aromatic carbocycles. The van der Waals surface area contributed by atoms with Gasteiger partial charge in [-0.3, -0.25) is 19.7 Å². The molecule has 2 amide bonds. The van der Waals surface area contributed by atoms with Crippen molar-refractivity contribution in [3.63, 3.8) is 0 Å². The van der Waals surface area contributed by atoms with E-state index in [0.717, 1.165) is 5.56 Å². The number of carbonyl (C=O) groups excluding carboxylic acids is 2. The Hall–Kier alpha value is -4.33. The lowest BCUT2D eigenvalue weighted by Gasteiger charge is -2.07. The number of nitrogens with one attached hydrogen (secondary N) is 2. The van der Waals surface area contributed by atoms with Gasteiger partial charge in [-0.15, -0.1) is 0 Å². The molecule has 0 heterocycles. The quantitative estimate of drug-likeness (QED) is 0.354. The van der Waals surface area contributed by atoms with Crippen molar-refractivity contribution in [2.75, 3.05) is 5.32 Å². The van der Waals surface area contributed by atoms with E-state index >= 15 is 0 Å². The SMILES string of the molecule is CC(=NNC(=O)c1ccc(NC(=O)c2cccc(C)c2)cc1)c1cccc([N+](=O)[O-])c1. The van der Waals surface area contributed by atoms with Gasteiger partial charge >= 0.3 is 0 Å². The largest absolute Gasteiger partial charge is 0.322 e. The zero-order valence-electron chi connectivity index (χ0n) is 17.0. The summed E-state index contributed by atoms with van der Waals surface area (Å²) in [4.78, 5) is 35.0. The number of benzene rings is 3. The van der Waals surface area contributed by atoms with Crippen molar-refractivity contribution in [1.29, 1.82) is 0 Å². The van der Waals surface area contributed by atoms with Gasteiger partial charge in [0, 0.05) is 34.5 Å². The first-order valence-corrected chi connectivity index (χ1v) is 9.41. The standard InChI is InChI=1S/C23H20N4O4/c1-15-5-3-7-19(13-15)22(28)24-20-11-9-17(10-12-20)23(29)26-25-16(2)18-6-4-8-21(14-18)27(30)31/h3-14H,1-2H3,(H,24,28)(H,26,29). The maximum Gasteiger partial charge on any atom is 0.271 e. The highest BCUT2D eigenvalue weighted by molar-refractivity contribution is 6.05. The Morgan fingerprint density at radius 2 is 1.55 bits per heavy atom. The third kappa shape index (κ3) is 5.60. The third-order valence-electron chi connectivity index (χ3n) is 4.49. The second-order valence-electron chi connectivity index (χ2n) is 6.85. The van der Waals surface area contributed by atoms with Crippen molar-refractivity contribution in [3.05, 3.63) is 105 Å². The van der Waals surface area contributed by atoms with Crippen LogP contribution in [-0.2, 0) is 0 Å². The van der Waals surface area contributed by atoms with Crippen molar-refractivity contribution >= 4 is 28.9 Å². The fourth-order valence-electron chi connectivity index (χ4n) is 2.80. The maximum absolute atomic E-state index is 12.3. The molecule has 0 atom stereocenters. The first-order chi connectivity index (χ1) is 14.8. The third-order valence-corrected chi connectivity index (χ3v) is 4.49. The van der Waals surface area contributed by atoms with Crippen LogP contribution in [0.15, 0.2) is 77.9 Å². The van der Waals surface area contributed by atoms with Crippen LogP contribution in [0.25, 0.3) is 0 Å². The van der Waals surface area contributed by atoms with Crippen molar-refractivity contribution in [1.82, 2.24) is 5.43 Å². The molecule has 8 heteroatoms. The minimum Gasteiger partial charge on any atom is -0.322 e. The van der Waals surface area contributed by atoms with Gasteiger partial charge in [-0.05, 0) is 50.2 Å². The van der Waals surface area contributed by atoms with Gasteiger partial charge in [0.2, 0.25) is 0 Å². The zero-order valence-corrected chi connectivity index (χ0v) is 17.0. The number of carbonyl (C=O) groups is 2. The summed E-state index contributed by atoms with van der Waals surface area (Å²) in [6.45, 7) is 3.55. The molecule has 3 rings (SSSR count). The lowest BCUT2D eigenvalue weighted by molar-refractivity contribution is -0.384. The number of nitro groups is 1. The number of hydrazone groups is 1. The Balaban J connectivity index is 1.63. The molecular weight excluding hydrogens is 396 g/mol. The molecule has 3 aromatic rings. The monoisotopic (exact) mass is 416 g/mol. The Bertz CT molecular complexity index is 1170. The lowest BCUT2D eigenvalue weighted by Crippen LogP contribution is -2.19. The summed E-state index contributed by atoms with van der Waals surface area (Å²) in [6.07, 6.45) is 0. The highest BCUT2D eigenvalue weighted by Crippen LogP contribution is 2.14. The van der Waals surface area contributed by atoms with E-state index in [0.29, 0.717) is 28.1 Å². The van der Waals surface area contributed by atoms with Crippen LogP contribution in [-0.4, -0.2) is 22.4 Å². The molecule has 2 N–H and O–H groups in total. The smallest absolute Gasteiger partial charge is 0.271 e. The Labute approximate surface area is 178 Å². The number of aryl methyl sites for hydroxylation is 1. The van der Waals surface area contributed by atoms with E-state index in [2.05, 4.69) is 15.8 Å². The average molecular weight is 416 g/mol. The second-order valence-corrected chi connectivity index (χ2v) is 6.85. The van der Waals surface area contributed by atoms with E-state index in [9.17, 15) is 19.7 Å². The highest BCUT2D eigenvalue weighted by Gasteiger charge is 2.10. The Morgan fingerprint density at radius 1 is 0.871 bits per heavy atom. The van der Waals surface area contributed by atoms with Gasteiger partial charge < -0.3 is 5.32 Å². The summed E-state index contributed by atoms with van der Waals surface area (Å²) in [7, 11) is 0. The molecule has 0 fully saturated rings. The van der Waals surface area contributed by atoms with Crippen molar-refractivity contribution in [2.24, 2.45) is 5.10 Å². The van der Waals surface area contributed by atoms with Crippen LogP contribution in [0, 0.1) is 17.0 Å². The number of rotatable bonds is 6. The van der Waals surface area contributed by atoms with Crippen molar-refractivity contribution in [2.45, 2.75) is 13.8 Å². The number of hydrogen-bond acceptors (Lipinski definition) is 5. The van der Waals surface area contributed by atoms with E-state index < -0.39 is 10.8 Å². The molecule has 0 radical (unpaired) electrons. The van der Waals surface area contributed by atoms with Gasteiger partial charge in [-0.1, -0.05) is 29.8 Å². The van der Waals surface area contributed by atoms with Crippen molar-refractivity contribution in [3.8, 4) is 0 Å². The molecule has 0 spiro atoms. The van der Waals surface area contributed by atoms with E-state index in [1.807, 2.05) is 19.1 Å². The minimum atomic E-state index is -0.491. The number of nitrogens with zero attached hydrogens (tertiary/aromatic N) is 2. The van der Waals surface area contributed by atoms with Gasteiger partial charge in [0.05, 0.1) is 10.6 Å². The first-order valence-electron chi connectivity index (χ1n) is 9.41. The summed E-state index contributed by atoms with van der Waals surface area (Å²) in [6, 6.07) is 19.6. The number of nitro benzene ring substituents is 1. The lowest BCUT2D eigenvalue weighted by atomic mass is 10.1. The van der Waals surface area contributed by atoms with E-state index in [-0.39, 0.29) is 11.6 Å². The molecule has 0 unspecified atom stereocenters. The first kappa shape index (κ1) is 21.4. The Kier molecular flexibility index (Phi) is 6.51. The molecule has 156 valence electrons. The van der Waals surface area contributed by atoms with Gasteiger partial charge in [-0.25, -0.2) is 5.43 Å². The van der Waals surface area contributed by atoms with Crippen LogP contribution in [0.4, 0.5) is 11.4 Å².